The van der Waals surface area contributed by atoms with E-state index < -0.39 is 5.97 Å². The Morgan fingerprint density at radius 2 is 1.83 bits per heavy atom. The number of carboxylic acid groups (broad SMARTS) is 1. The molecule has 12 heavy (non-hydrogen) atoms. The smallest absolute Gasteiger partial charge is 0.550 e. The number of carboxylic acids is 1. The van der Waals surface area contributed by atoms with Crippen molar-refractivity contribution in [3.63, 3.8) is 0 Å². The maximum Gasteiger partial charge on any atom is 1.00 e. The van der Waals surface area contributed by atoms with Crippen LogP contribution in [0.25, 0.3) is 0 Å². The van der Waals surface area contributed by atoms with Crippen LogP contribution in [-0.4, -0.2) is 5.97 Å². The molecule has 0 heterocycles. The molecule has 3 heteroatoms. The Labute approximate surface area is 115 Å². The molecule has 0 aliphatic heterocycles. The van der Waals surface area contributed by atoms with E-state index in [9.17, 15) is 9.90 Å². The molecule has 60 valence electrons. The molecule has 0 aromatic heterocycles. The van der Waals surface area contributed by atoms with Gasteiger partial charge in [0.25, 0.3) is 0 Å². The summed E-state index contributed by atoms with van der Waals surface area (Å²) in [7, 11) is 0. The van der Waals surface area contributed by atoms with E-state index in [1.807, 2.05) is 25.2 Å². The van der Waals surface area contributed by atoms with Crippen molar-refractivity contribution >= 4 is 5.97 Å². The van der Waals surface area contributed by atoms with Gasteiger partial charge in [-0.05, 0) is 6.92 Å². The summed E-state index contributed by atoms with van der Waals surface area (Å²) >= 11 is 0. The van der Waals surface area contributed by atoms with Gasteiger partial charge >= 0.3 is 51.4 Å². The van der Waals surface area contributed by atoms with Crippen molar-refractivity contribution in [3.8, 4) is 0 Å². The van der Waals surface area contributed by atoms with Crippen LogP contribution >= 0.6 is 0 Å². The molecule has 0 rings (SSSR count). The van der Waals surface area contributed by atoms with Crippen LogP contribution in [0.4, 0.5) is 0 Å². The first-order valence-electron chi connectivity index (χ1n) is 3.41. The predicted molar refractivity (Wildman–Crippen MR) is 42.7 cm³/mol. The maximum atomic E-state index is 9.89. The summed E-state index contributed by atoms with van der Waals surface area (Å²) < 4.78 is 0. The molecule has 0 bridgehead atoms. The first-order valence-corrected chi connectivity index (χ1v) is 3.41. The number of hydrogen-bond acceptors (Lipinski definition) is 2. The minimum atomic E-state index is -1.05. The van der Waals surface area contributed by atoms with Gasteiger partial charge in [-0.3, -0.25) is 0 Å². The Hall–Kier alpha value is 0.326. The van der Waals surface area contributed by atoms with Gasteiger partial charge in [0.2, 0.25) is 0 Å². The number of rotatable bonds is 4. The molecule has 2 nitrogen and oxygen atoms in total. The molecule has 0 unspecified atom stereocenters. The third-order valence-electron chi connectivity index (χ3n) is 0.946. The second-order valence-corrected chi connectivity index (χ2v) is 1.91. The number of carbonyl (C=O) groups is 1. The number of carbonyl (C=O) groups excluding carboxylic acids is 1. The molecule has 0 aliphatic rings. The van der Waals surface area contributed by atoms with Gasteiger partial charge in [0, 0.05) is 12.4 Å². The molecular weight excluding hydrogens is 179 g/mol. The van der Waals surface area contributed by atoms with Gasteiger partial charge in [-0.15, -0.1) is 0 Å². The largest absolute Gasteiger partial charge is 1.00 e. The first kappa shape index (κ1) is 14.8. The molecule has 0 saturated carbocycles. The fraction of sp³-hybridized carbons (Fsp3) is 0.222. The monoisotopic (exact) mass is 190 g/mol. The van der Waals surface area contributed by atoms with E-state index in [1.54, 1.807) is 12.2 Å². The van der Waals surface area contributed by atoms with E-state index in [2.05, 4.69) is 0 Å². The van der Waals surface area contributed by atoms with Gasteiger partial charge in [0.05, 0.1) is 0 Å². The van der Waals surface area contributed by atoms with Gasteiger partial charge in [-0.1, -0.05) is 36.5 Å². The van der Waals surface area contributed by atoms with E-state index in [4.69, 9.17) is 0 Å². The normalized spacial score (nSPS) is 11.1. The molecule has 0 saturated heterocycles. The summed E-state index contributed by atoms with van der Waals surface area (Å²) in [6.45, 7) is 1.91. The van der Waals surface area contributed by atoms with Crippen molar-refractivity contribution in [1.82, 2.24) is 0 Å². The summed E-state index contributed by atoms with van der Waals surface area (Å²) in [5, 5.41) is 9.89. The van der Waals surface area contributed by atoms with Crippen LogP contribution in [0.5, 0.6) is 0 Å². The molecule has 0 amide bonds. The SMILES string of the molecule is C/C=C/C=C/C=C/CC(=O)[O-].[K+]. The van der Waals surface area contributed by atoms with Crippen LogP contribution in [0.15, 0.2) is 36.5 Å². The van der Waals surface area contributed by atoms with Crippen LogP contribution in [0.1, 0.15) is 13.3 Å². The zero-order chi connectivity index (χ0) is 8.53. The Bertz CT molecular complexity index is 193. The van der Waals surface area contributed by atoms with Crippen molar-refractivity contribution in [2.24, 2.45) is 0 Å². The van der Waals surface area contributed by atoms with E-state index in [1.165, 1.54) is 6.08 Å². The van der Waals surface area contributed by atoms with Crippen molar-refractivity contribution in [2.75, 3.05) is 0 Å². The van der Waals surface area contributed by atoms with Crippen LogP contribution in [0, 0.1) is 0 Å². The third kappa shape index (κ3) is 13.0. The Morgan fingerprint density at radius 3 is 2.33 bits per heavy atom. The zero-order valence-corrected chi connectivity index (χ0v) is 10.6. The average Bonchev–Trinajstić information content (AvgIpc) is 1.96. The summed E-state index contributed by atoms with van der Waals surface area (Å²) in [5.41, 5.74) is 0. The van der Waals surface area contributed by atoms with Crippen LogP contribution in [-0.2, 0) is 4.79 Å². The Balaban J connectivity index is 0. The van der Waals surface area contributed by atoms with E-state index in [-0.39, 0.29) is 57.8 Å². The third-order valence-corrected chi connectivity index (χ3v) is 0.946. The van der Waals surface area contributed by atoms with E-state index in [0.29, 0.717) is 0 Å². The fourth-order valence-corrected chi connectivity index (χ4v) is 0.482. The van der Waals surface area contributed by atoms with Gasteiger partial charge in [-0.25, -0.2) is 0 Å². The second kappa shape index (κ2) is 11.3. The Kier molecular flexibility index (Phi) is 14.0. The summed E-state index contributed by atoms with van der Waals surface area (Å²) in [6.07, 6.45) is 10.5. The fourth-order valence-electron chi connectivity index (χ4n) is 0.482. The van der Waals surface area contributed by atoms with Crippen molar-refractivity contribution < 1.29 is 61.3 Å². The van der Waals surface area contributed by atoms with Gasteiger partial charge in [0.15, 0.2) is 0 Å². The maximum absolute atomic E-state index is 9.89. The quantitative estimate of drug-likeness (QED) is 0.373. The zero-order valence-electron chi connectivity index (χ0n) is 7.49. The van der Waals surface area contributed by atoms with E-state index in [0.717, 1.165) is 0 Å². The van der Waals surface area contributed by atoms with Crippen molar-refractivity contribution in [1.29, 1.82) is 0 Å². The Morgan fingerprint density at radius 1 is 1.25 bits per heavy atom. The molecule has 0 aromatic carbocycles. The van der Waals surface area contributed by atoms with Crippen molar-refractivity contribution in [3.05, 3.63) is 36.5 Å². The van der Waals surface area contributed by atoms with E-state index >= 15 is 0 Å². The van der Waals surface area contributed by atoms with Crippen LogP contribution in [0.2, 0.25) is 0 Å². The molecule has 0 aromatic rings. The van der Waals surface area contributed by atoms with Crippen molar-refractivity contribution in [2.45, 2.75) is 13.3 Å². The van der Waals surface area contributed by atoms with Gasteiger partial charge < -0.3 is 9.90 Å². The number of allylic oxidation sites excluding steroid dienone is 5. The van der Waals surface area contributed by atoms with Crippen LogP contribution in [0.3, 0.4) is 0 Å². The molecule has 0 fully saturated rings. The number of hydrogen-bond donors (Lipinski definition) is 0. The molecular formula is C9H11KO2. The minimum Gasteiger partial charge on any atom is -0.550 e. The molecule has 0 N–H and O–H groups in total. The van der Waals surface area contributed by atoms with Gasteiger partial charge in [-0.2, -0.15) is 0 Å². The molecule has 0 atom stereocenters. The standard InChI is InChI=1S/C9H12O2.K/c1-2-3-4-5-6-7-8-9(10)11;/h2-7H,8H2,1H3,(H,10,11);/q;+1/p-1/b3-2+,5-4+,7-6+;. The predicted octanol–water partition coefficient (Wildman–Crippen LogP) is -2.18. The summed E-state index contributed by atoms with van der Waals surface area (Å²) in [4.78, 5) is 9.89. The first-order chi connectivity index (χ1) is 5.27. The molecule has 0 aliphatic carbocycles. The number of aliphatic carboxylic acids is 1. The topological polar surface area (TPSA) is 40.1 Å². The average molecular weight is 190 g/mol. The molecule has 0 radical (unpaired) electrons. The van der Waals surface area contributed by atoms with Gasteiger partial charge in [0.1, 0.15) is 0 Å². The summed E-state index contributed by atoms with van der Waals surface area (Å²) in [6, 6.07) is 0. The minimum absolute atomic E-state index is 0. The second-order valence-electron chi connectivity index (χ2n) is 1.91. The van der Waals surface area contributed by atoms with Crippen LogP contribution < -0.4 is 56.5 Å². The summed E-state index contributed by atoms with van der Waals surface area (Å²) in [5.74, 6) is -1.05. The molecule has 0 spiro atoms.